The van der Waals surface area contributed by atoms with Gasteiger partial charge in [0.1, 0.15) is 17.2 Å². The van der Waals surface area contributed by atoms with Crippen molar-refractivity contribution in [3.63, 3.8) is 0 Å². The maximum absolute atomic E-state index is 12.5. The molecule has 0 aliphatic carbocycles. The zero-order chi connectivity index (χ0) is 22.9. The Morgan fingerprint density at radius 1 is 0.871 bits per heavy atom. The van der Waals surface area contributed by atoms with Gasteiger partial charge < -0.3 is 18.9 Å². The fraction of sp³-hybridized carbons (Fsp3) is 0.360. The Morgan fingerprint density at radius 3 is 2.13 bits per heavy atom. The number of carbonyl (C=O) groups is 2. The van der Waals surface area contributed by atoms with Crippen molar-refractivity contribution in [3.05, 3.63) is 59.7 Å². The van der Waals surface area contributed by atoms with E-state index >= 15 is 0 Å². The van der Waals surface area contributed by atoms with Crippen molar-refractivity contribution in [1.82, 2.24) is 0 Å². The lowest BCUT2D eigenvalue weighted by Gasteiger charge is -2.16. The molecule has 2 aromatic carbocycles. The molecule has 166 valence electrons. The lowest BCUT2D eigenvalue weighted by atomic mass is 9.98. The first-order valence-corrected chi connectivity index (χ1v) is 10.3. The highest BCUT2D eigenvalue weighted by Crippen LogP contribution is 2.26. The van der Waals surface area contributed by atoms with Gasteiger partial charge in [0, 0.05) is 17.2 Å². The van der Waals surface area contributed by atoms with Crippen LogP contribution in [0, 0.1) is 5.41 Å². The normalized spacial score (nSPS) is 11.3. The number of rotatable bonds is 10. The molecule has 6 nitrogen and oxygen atoms in total. The highest BCUT2D eigenvalue weighted by Gasteiger charge is 2.23. The highest BCUT2D eigenvalue weighted by atomic mass is 16.7. The molecule has 2 aromatic rings. The number of ketones is 1. The molecule has 0 radical (unpaired) electrons. The van der Waals surface area contributed by atoms with E-state index in [9.17, 15) is 9.59 Å². The Balaban J connectivity index is 1.99. The predicted molar refractivity (Wildman–Crippen MR) is 120 cm³/mol. The number of hydrogen-bond acceptors (Lipinski definition) is 6. The number of ether oxygens (including phenoxy) is 4. The number of esters is 1. The largest absolute Gasteiger partial charge is 0.494 e. The topological polar surface area (TPSA) is 71.1 Å². The van der Waals surface area contributed by atoms with Crippen molar-refractivity contribution >= 4 is 17.8 Å². The summed E-state index contributed by atoms with van der Waals surface area (Å²) in [5.41, 5.74) is 0.718. The van der Waals surface area contributed by atoms with E-state index in [-0.39, 0.29) is 18.5 Å². The first-order chi connectivity index (χ1) is 14.7. The second-order valence-corrected chi connectivity index (χ2v) is 7.73. The van der Waals surface area contributed by atoms with E-state index in [0.717, 1.165) is 11.3 Å². The standard InChI is InChI=1S/C25H30O6/c1-6-28-21-14-10-19(23(16-21)29-7-2)11-15-22(26)18-8-12-20(13-9-18)30-17-31-24(27)25(3,4)5/h8-16H,6-7,17H2,1-5H3. The van der Waals surface area contributed by atoms with Crippen molar-refractivity contribution in [1.29, 1.82) is 0 Å². The molecule has 0 saturated carbocycles. The Hall–Kier alpha value is -3.28. The van der Waals surface area contributed by atoms with Crippen LogP contribution in [0.5, 0.6) is 17.2 Å². The van der Waals surface area contributed by atoms with Gasteiger partial charge in [-0.05, 0) is 83.2 Å². The summed E-state index contributed by atoms with van der Waals surface area (Å²) in [5.74, 6) is 1.39. The van der Waals surface area contributed by atoms with Gasteiger partial charge in [-0.2, -0.15) is 0 Å². The van der Waals surface area contributed by atoms with E-state index in [1.165, 1.54) is 6.08 Å². The van der Waals surface area contributed by atoms with Crippen LogP contribution in [-0.4, -0.2) is 31.8 Å². The van der Waals surface area contributed by atoms with Gasteiger partial charge in [-0.1, -0.05) is 0 Å². The van der Waals surface area contributed by atoms with Crippen molar-refractivity contribution in [3.8, 4) is 17.2 Å². The molecule has 0 heterocycles. The molecule has 2 rings (SSSR count). The summed E-state index contributed by atoms with van der Waals surface area (Å²) >= 11 is 0. The summed E-state index contributed by atoms with van der Waals surface area (Å²) in [4.78, 5) is 24.3. The molecule has 0 aromatic heterocycles. The van der Waals surface area contributed by atoms with Crippen LogP contribution in [0.4, 0.5) is 0 Å². The maximum Gasteiger partial charge on any atom is 0.314 e. The van der Waals surface area contributed by atoms with Crippen LogP contribution in [0.2, 0.25) is 0 Å². The van der Waals surface area contributed by atoms with Gasteiger partial charge in [0.25, 0.3) is 0 Å². The van der Waals surface area contributed by atoms with Gasteiger partial charge in [0.2, 0.25) is 6.79 Å². The minimum absolute atomic E-state index is 0.151. The average molecular weight is 427 g/mol. The fourth-order valence-corrected chi connectivity index (χ4v) is 2.53. The Bertz CT molecular complexity index is 907. The predicted octanol–water partition coefficient (Wildman–Crippen LogP) is 5.31. The first-order valence-electron chi connectivity index (χ1n) is 10.3. The van der Waals surface area contributed by atoms with Crippen molar-refractivity contribution in [2.45, 2.75) is 34.6 Å². The monoisotopic (exact) mass is 426 g/mol. The lowest BCUT2D eigenvalue weighted by molar-refractivity contribution is -0.159. The SMILES string of the molecule is CCOc1ccc(C=CC(=O)c2ccc(OCOC(=O)C(C)(C)C)cc2)c(OCC)c1. The van der Waals surface area contributed by atoms with E-state index in [4.69, 9.17) is 18.9 Å². The molecule has 0 unspecified atom stereocenters. The zero-order valence-corrected chi connectivity index (χ0v) is 18.8. The van der Waals surface area contributed by atoms with Gasteiger partial charge in [0.05, 0.1) is 18.6 Å². The van der Waals surface area contributed by atoms with Gasteiger partial charge in [-0.3, -0.25) is 9.59 Å². The van der Waals surface area contributed by atoms with Gasteiger partial charge in [0.15, 0.2) is 5.78 Å². The minimum atomic E-state index is -0.586. The average Bonchev–Trinajstić information content (AvgIpc) is 2.73. The second kappa shape index (κ2) is 11.2. The summed E-state index contributed by atoms with van der Waals surface area (Å²) < 4.78 is 21.6. The van der Waals surface area contributed by atoms with Crippen LogP contribution in [0.1, 0.15) is 50.5 Å². The van der Waals surface area contributed by atoms with Crippen LogP contribution < -0.4 is 14.2 Å². The quantitative estimate of drug-likeness (QED) is 0.222. The molecule has 31 heavy (non-hydrogen) atoms. The molecule has 0 aliphatic rings. The summed E-state index contributed by atoms with van der Waals surface area (Å²) in [6, 6.07) is 12.2. The van der Waals surface area contributed by atoms with Crippen molar-refractivity contribution < 1.29 is 28.5 Å². The second-order valence-electron chi connectivity index (χ2n) is 7.73. The molecule has 0 amide bonds. The summed E-state index contributed by atoms with van der Waals surface area (Å²) in [6.45, 7) is 10.0. The molecule has 0 saturated heterocycles. The molecular formula is C25H30O6. The van der Waals surface area contributed by atoms with E-state index < -0.39 is 5.41 Å². The molecule has 0 bridgehead atoms. The number of allylic oxidation sites excluding steroid dienone is 1. The van der Waals surface area contributed by atoms with Gasteiger partial charge in [-0.15, -0.1) is 0 Å². The third kappa shape index (κ3) is 7.48. The van der Waals surface area contributed by atoms with E-state index in [1.807, 2.05) is 32.0 Å². The van der Waals surface area contributed by atoms with Crippen LogP contribution in [-0.2, 0) is 9.53 Å². The van der Waals surface area contributed by atoms with Crippen molar-refractivity contribution in [2.24, 2.45) is 5.41 Å². The molecule has 0 fully saturated rings. The molecule has 0 N–H and O–H groups in total. The van der Waals surface area contributed by atoms with Crippen LogP contribution >= 0.6 is 0 Å². The Morgan fingerprint density at radius 2 is 1.52 bits per heavy atom. The number of carbonyl (C=O) groups excluding carboxylic acids is 2. The third-order valence-electron chi connectivity index (χ3n) is 4.18. The van der Waals surface area contributed by atoms with Gasteiger partial charge in [-0.25, -0.2) is 0 Å². The maximum atomic E-state index is 12.5. The van der Waals surface area contributed by atoms with Crippen molar-refractivity contribution in [2.75, 3.05) is 20.0 Å². The van der Waals surface area contributed by atoms with E-state index in [2.05, 4.69) is 0 Å². The van der Waals surface area contributed by atoms with Crippen LogP contribution in [0.15, 0.2) is 48.5 Å². The summed E-state index contributed by atoms with van der Waals surface area (Å²) in [7, 11) is 0. The molecule has 6 heteroatoms. The van der Waals surface area contributed by atoms with Crippen LogP contribution in [0.25, 0.3) is 6.08 Å². The Labute approximate surface area is 183 Å². The van der Waals surface area contributed by atoms with E-state index in [1.54, 1.807) is 51.1 Å². The fourth-order valence-electron chi connectivity index (χ4n) is 2.53. The van der Waals surface area contributed by atoms with Crippen LogP contribution in [0.3, 0.4) is 0 Å². The summed E-state index contributed by atoms with van der Waals surface area (Å²) in [5, 5.41) is 0. The zero-order valence-electron chi connectivity index (χ0n) is 18.8. The molecule has 0 spiro atoms. The molecule has 0 atom stereocenters. The highest BCUT2D eigenvalue weighted by molar-refractivity contribution is 6.07. The summed E-state index contributed by atoms with van der Waals surface area (Å²) in [6.07, 6.45) is 3.22. The first kappa shape index (κ1) is 24.0. The molecule has 0 aliphatic heterocycles. The van der Waals surface area contributed by atoms with E-state index in [0.29, 0.717) is 30.3 Å². The van der Waals surface area contributed by atoms with Gasteiger partial charge >= 0.3 is 5.97 Å². The number of hydrogen-bond donors (Lipinski definition) is 0. The lowest BCUT2D eigenvalue weighted by Crippen LogP contribution is -2.24. The minimum Gasteiger partial charge on any atom is -0.494 e. The Kier molecular flexibility index (Phi) is 8.67. The molecular weight excluding hydrogens is 396 g/mol. The number of benzene rings is 2. The third-order valence-corrected chi connectivity index (χ3v) is 4.18. The smallest absolute Gasteiger partial charge is 0.314 e.